The highest BCUT2D eigenvalue weighted by atomic mass is 16.7. The van der Waals surface area contributed by atoms with Gasteiger partial charge in [-0.25, -0.2) is 4.79 Å². The average Bonchev–Trinajstić information content (AvgIpc) is 3.17. The van der Waals surface area contributed by atoms with E-state index in [-0.39, 0.29) is 12.8 Å². The number of hydrogen-bond acceptors (Lipinski definition) is 4. The molecule has 1 N–H and O–H groups in total. The van der Waals surface area contributed by atoms with Gasteiger partial charge in [0.05, 0.1) is 0 Å². The Morgan fingerprint density at radius 2 is 1.75 bits per heavy atom. The van der Waals surface area contributed by atoms with Gasteiger partial charge in [0.15, 0.2) is 11.5 Å². The standard InChI is InChI=1S/C22H20N2O4/c1-24(14-16-10-11-20-21(12-16)27-15-26-20)22(25)23-17-6-5-9-19(13-17)28-18-7-3-2-4-8-18/h2-13H,14-15H2,1H3,(H,23,25). The molecule has 0 aliphatic carbocycles. The monoisotopic (exact) mass is 376 g/mol. The summed E-state index contributed by atoms with van der Waals surface area (Å²) in [7, 11) is 1.74. The summed E-state index contributed by atoms with van der Waals surface area (Å²) in [4.78, 5) is 14.1. The number of nitrogens with one attached hydrogen (secondary N) is 1. The molecule has 0 radical (unpaired) electrons. The zero-order valence-corrected chi connectivity index (χ0v) is 15.4. The van der Waals surface area contributed by atoms with Crippen molar-refractivity contribution in [1.82, 2.24) is 4.90 Å². The Kier molecular flexibility index (Phi) is 5.01. The van der Waals surface area contributed by atoms with Gasteiger partial charge in [-0.1, -0.05) is 30.3 Å². The Balaban J connectivity index is 1.38. The maximum Gasteiger partial charge on any atom is 0.321 e. The number of ether oxygens (including phenoxy) is 3. The van der Waals surface area contributed by atoms with Crippen molar-refractivity contribution in [3.8, 4) is 23.0 Å². The third-order valence-corrected chi connectivity index (χ3v) is 4.27. The second-order valence-electron chi connectivity index (χ2n) is 6.42. The molecule has 0 saturated carbocycles. The molecule has 1 aliphatic rings. The van der Waals surface area contributed by atoms with Crippen molar-refractivity contribution in [1.29, 1.82) is 0 Å². The van der Waals surface area contributed by atoms with Crippen LogP contribution < -0.4 is 19.5 Å². The fraction of sp³-hybridized carbons (Fsp3) is 0.136. The predicted octanol–water partition coefficient (Wildman–Crippen LogP) is 4.87. The van der Waals surface area contributed by atoms with Crippen molar-refractivity contribution in [3.05, 3.63) is 78.4 Å². The van der Waals surface area contributed by atoms with Crippen molar-refractivity contribution >= 4 is 11.7 Å². The number of rotatable bonds is 5. The molecule has 3 aromatic carbocycles. The van der Waals surface area contributed by atoms with E-state index in [0.717, 1.165) is 17.1 Å². The van der Waals surface area contributed by atoms with Crippen molar-refractivity contribution in [3.63, 3.8) is 0 Å². The molecule has 2 amide bonds. The average molecular weight is 376 g/mol. The van der Waals surface area contributed by atoms with Crippen molar-refractivity contribution < 1.29 is 19.0 Å². The predicted molar refractivity (Wildman–Crippen MR) is 106 cm³/mol. The van der Waals surface area contributed by atoms with E-state index in [4.69, 9.17) is 14.2 Å². The van der Waals surface area contributed by atoms with Crippen molar-refractivity contribution in [2.24, 2.45) is 0 Å². The summed E-state index contributed by atoms with van der Waals surface area (Å²) in [6, 6.07) is 22.3. The fourth-order valence-corrected chi connectivity index (χ4v) is 2.87. The lowest BCUT2D eigenvalue weighted by atomic mass is 10.2. The number of fused-ring (bicyclic) bond motifs is 1. The molecule has 1 heterocycles. The van der Waals surface area contributed by atoms with E-state index in [9.17, 15) is 4.79 Å². The van der Waals surface area contributed by atoms with Crippen LogP contribution in [0.3, 0.4) is 0 Å². The lowest BCUT2D eigenvalue weighted by Gasteiger charge is -2.18. The Hall–Kier alpha value is -3.67. The smallest absolute Gasteiger partial charge is 0.321 e. The zero-order chi connectivity index (χ0) is 19.3. The SMILES string of the molecule is CN(Cc1ccc2c(c1)OCO2)C(=O)Nc1cccc(Oc2ccccc2)c1. The van der Waals surface area contributed by atoms with Gasteiger partial charge >= 0.3 is 6.03 Å². The van der Waals surface area contributed by atoms with Gasteiger partial charge in [-0.15, -0.1) is 0 Å². The molecule has 0 fully saturated rings. The highest BCUT2D eigenvalue weighted by molar-refractivity contribution is 5.89. The molecule has 0 spiro atoms. The molecular formula is C22H20N2O4. The highest BCUT2D eigenvalue weighted by Gasteiger charge is 2.15. The summed E-state index contributed by atoms with van der Waals surface area (Å²) < 4.78 is 16.5. The molecule has 4 rings (SSSR count). The number of para-hydroxylation sites is 1. The van der Waals surface area contributed by atoms with E-state index < -0.39 is 0 Å². The number of benzene rings is 3. The van der Waals surface area contributed by atoms with Gasteiger partial charge < -0.3 is 24.4 Å². The van der Waals surface area contributed by atoms with Crippen LogP contribution in [0.2, 0.25) is 0 Å². The quantitative estimate of drug-likeness (QED) is 0.690. The molecule has 142 valence electrons. The Morgan fingerprint density at radius 1 is 0.964 bits per heavy atom. The van der Waals surface area contributed by atoms with Gasteiger partial charge in [-0.05, 0) is 42.0 Å². The maximum absolute atomic E-state index is 12.5. The van der Waals surface area contributed by atoms with E-state index in [1.807, 2.05) is 66.7 Å². The third-order valence-electron chi connectivity index (χ3n) is 4.27. The first-order chi connectivity index (χ1) is 13.7. The molecule has 3 aromatic rings. The first kappa shape index (κ1) is 17.7. The minimum atomic E-state index is -0.213. The summed E-state index contributed by atoms with van der Waals surface area (Å²) in [6.45, 7) is 0.680. The third kappa shape index (κ3) is 4.17. The minimum absolute atomic E-state index is 0.213. The summed E-state index contributed by atoms with van der Waals surface area (Å²) >= 11 is 0. The Labute approximate surface area is 163 Å². The van der Waals surface area contributed by atoms with Crippen LogP contribution in [-0.2, 0) is 6.54 Å². The first-order valence-corrected chi connectivity index (χ1v) is 8.91. The highest BCUT2D eigenvalue weighted by Crippen LogP contribution is 2.32. The van der Waals surface area contributed by atoms with E-state index >= 15 is 0 Å². The number of hydrogen-bond donors (Lipinski definition) is 1. The molecule has 28 heavy (non-hydrogen) atoms. The lowest BCUT2D eigenvalue weighted by Crippen LogP contribution is -2.30. The van der Waals surface area contributed by atoms with Crippen molar-refractivity contribution in [2.45, 2.75) is 6.54 Å². The second-order valence-corrected chi connectivity index (χ2v) is 6.42. The van der Waals surface area contributed by atoms with Crippen LogP contribution >= 0.6 is 0 Å². The summed E-state index contributed by atoms with van der Waals surface area (Å²) in [5, 5.41) is 2.89. The van der Waals surface area contributed by atoms with Gasteiger partial charge in [-0.3, -0.25) is 0 Å². The van der Waals surface area contributed by atoms with Gasteiger partial charge in [0.25, 0.3) is 0 Å². The Bertz CT molecular complexity index is 975. The van der Waals surface area contributed by atoms with Gasteiger partial charge in [0, 0.05) is 25.3 Å². The lowest BCUT2D eigenvalue weighted by molar-refractivity contribution is 0.174. The van der Waals surface area contributed by atoms with Gasteiger partial charge in [0.1, 0.15) is 11.5 Å². The maximum atomic E-state index is 12.5. The van der Waals surface area contributed by atoms with Crippen LogP contribution in [0.5, 0.6) is 23.0 Å². The molecule has 0 atom stereocenters. The summed E-state index contributed by atoms with van der Waals surface area (Å²) in [6.07, 6.45) is 0. The van der Waals surface area contributed by atoms with Crippen LogP contribution in [0.15, 0.2) is 72.8 Å². The van der Waals surface area contributed by atoms with Crippen LogP contribution in [0.4, 0.5) is 10.5 Å². The summed E-state index contributed by atoms with van der Waals surface area (Å²) in [5.41, 5.74) is 1.62. The molecular weight excluding hydrogens is 356 g/mol. The van der Waals surface area contributed by atoms with Crippen LogP contribution in [0, 0.1) is 0 Å². The Morgan fingerprint density at radius 3 is 2.61 bits per heavy atom. The molecule has 0 aromatic heterocycles. The van der Waals surface area contributed by atoms with E-state index in [1.54, 1.807) is 18.0 Å². The number of anilines is 1. The fourth-order valence-electron chi connectivity index (χ4n) is 2.87. The van der Waals surface area contributed by atoms with Gasteiger partial charge in [-0.2, -0.15) is 0 Å². The normalized spacial score (nSPS) is 11.8. The van der Waals surface area contributed by atoms with E-state index in [1.165, 1.54) is 0 Å². The zero-order valence-electron chi connectivity index (χ0n) is 15.4. The van der Waals surface area contributed by atoms with Crippen LogP contribution in [-0.4, -0.2) is 24.8 Å². The summed E-state index contributed by atoms with van der Waals surface area (Å²) in [5.74, 6) is 2.83. The van der Waals surface area contributed by atoms with E-state index in [2.05, 4.69) is 5.32 Å². The van der Waals surface area contributed by atoms with Crippen molar-refractivity contribution in [2.75, 3.05) is 19.2 Å². The molecule has 0 unspecified atom stereocenters. The molecule has 0 saturated heterocycles. The molecule has 6 heteroatoms. The first-order valence-electron chi connectivity index (χ1n) is 8.91. The van der Waals surface area contributed by atoms with Crippen LogP contribution in [0.1, 0.15) is 5.56 Å². The number of nitrogens with zero attached hydrogens (tertiary/aromatic N) is 1. The number of carbonyl (C=O) groups is 1. The molecule has 1 aliphatic heterocycles. The van der Waals surface area contributed by atoms with Gasteiger partial charge in [0.2, 0.25) is 6.79 Å². The minimum Gasteiger partial charge on any atom is -0.457 e. The topological polar surface area (TPSA) is 60.0 Å². The van der Waals surface area contributed by atoms with E-state index in [0.29, 0.717) is 23.7 Å². The molecule has 6 nitrogen and oxygen atoms in total. The number of amides is 2. The van der Waals surface area contributed by atoms with Crippen LogP contribution in [0.25, 0.3) is 0 Å². The largest absolute Gasteiger partial charge is 0.457 e. The molecule has 0 bridgehead atoms. The second kappa shape index (κ2) is 7.92. The number of urea groups is 1. The number of carbonyl (C=O) groups excluding carboxylic acids is 1.